The largest absolute Gasteiger partial charge is 0.383 e. The van der Waals surface area contributed by atoms with Crippen LogP contribution in [0.1, 0.15) is 5.69 Å². The van der Waals surface area contributed by atoms with Crippen LogP contribution in [-0.4, -0.2) is 37.4 Å². The Morgan fingerprint density at radius 2 is 2.09 bits per heavy atom. The van der Waals surface area contributed by atoms with Crippen molar-refractivity contribution in [3.05, 3.63) is 51.3 Å². The van der Waals surface area contributed by atoms with Gasteiger partial charge in [0.25, 0.3) is 0 Å². The number of benzene rings is 1. The third-order valence-electron chi connectivity index (χ3n) is 3.79. The lowest BCUT2D eigenvalue weighted by Gasteiger charge is -2.03. The summed E-state index contributed by atoms with van der Waals surface area (Å²) in [5, 5.41) is 6.44. The zero-order chi connectivity index (χ0) is 15.8. The molecule has 3 heterocycles. The zero-order valence-electron chi connectivity index (χ0n) is 12.5. The Hall–Kier alpha value is -2.45. The van der Waals surface area contributed by atoms with Crippen LogP contribution in [0, 0.1) is 0 Å². The monoisotopic (exact) mass is 329 g/mol. The fourth-order valence-electron chi connectivity index (χ4n) is 2.75. The van der Waals surface area contributed by atoms with Crippen molar-refractivity contribution in [3.63, 3.8) is 0 Å². The van der Waals surface area contributed by atoms with Gasteiger partial charge in [-0.3, -0.25) is 0 Å². The van der Waals surface area contributed by atoms with E-state index >= 15 is 0 Å². The van der Waals surface area contributed by atoms with Crippen molar-refractivity contribution in [3.8, 4) is 0 Å². The standard InChI is InChI=1S/C15H15N5O2S/c1-22-7-6-18-12-4-2-3-5-13(12)20-14(18)17-19(15(20)21)8-11-9-23-10-16-11/h2-5,9-10H,6-8H2,1H3. The molecule has 0 unspecified atom stereocenters. The van der Waals surface area contributed by atoms with Crippen molar-refractivity contribution in [2.24, 2.45) is 0 Å². The van der Waals surface area contributed by atoms with E-state index in [1.54, 1.807) is 17.0 Å². The lowest BCUT2D eigenvalue weighted by atomic mass is 10.3. The molecule has 1 aromatic carbocycles. The van der Waals surface area contributed by atoms with Gasteiger partial charge >= 0.3 is 5.69 Å². The van der Waals surface area contributed by atoms with Crippen LogP contribution in [0.4, 0.5) is 0 Å². The van der Waals surface area contributed by atoms with Crippen molar-refractivity contribution in [2.45, 2.75) is 13.1 Å². The van der Waals surface area contributed by atoms with Crippen molar-refractivity contribution >= 4 is 28.1 Å². The van der Waals surface area contributed by atoms with E-state index in [2.05, 4.69) is 10.1 Å². The molecule has 0 radical (unpaired) electrons. The molecule has 8 heteroatoms. The predicted octanol–water partition coefficient (Wildman–Crippen LogP) is 1.60. The first kappa shape index (κ1) is 14.2. The minimum atomic E-state index is -0.152. The summed E-state index contributed by atoms with van der Waals surface area (Å²) < 4.78 is 10.3. The third kappa shape index (κ3) is 2.27. The number of thiazole rings is 1. The van der Waals surface area contributed by atoms with Gasteiger partial charge in [0.05, 0.1) is 35.4 Å². The van der Waals surface area contributed by atoms with E-state index in [1.807, 2.05) is 34.2 Å². The molecule has 4 aromatic rings. The molecule has 0 saturated heterocycles. The van der Waals surface area contributed by atoms with Crippen LogP contribution in [0.25, 0.3) is 16.8 Å². The number of ether oxygens (including phenoxy) is 1. The summed E-state index contributed by atoms with van der Waals surface area (Å²) >= 11 is 1.51. The highest BCUT2D eigenvalue weighted by molar-refractivity contribution is 7.07. The molecular weight excluding hydrogens is 314 g/mol. The van der Waals surface area contributed by atoms with Crippen molar-refractivity contribution in [2.75, 3.05) is 13.7 Å². The van der Waals surface area contributed by atoms with Crippen LogP contribution in [0.2, 0.25) is 0 Å². The molecule has 3 aromatic heterocycles. The Balaban J connectivity index is 1.92. The molecular formula is C15H15N5O2S. The molecule has 0 amide bonds. The highest BCUT2D eigenvalue weighted by Crippen LogP contribution is 2.18. The van der Waals surface area contributed by atoms with E-state index < -0.39 is 0 Å². The SMILES string of the molecule is COCCn1c2ccccc2n2c(=O)n(Cc3cscn3)nc12. The fourth-order valence-corrected chi connectivity index (χ4v) is 3.30. The van der Waals surface area contributed by atoms with Gasteiger partial charge in [-0.2, -0.15) is 0 Å². The van der Waals surface area contributed by atoms with E-state index in [0.29, 0.717) is 25.5 Å². The summed E-state index contributed by atoms with van der Waals surface area (Å²) in [7, 11) is 1.66. The molecule has 0 atom stereocenters. The van der Waals surface area contributed by atoms with Gasteiger partial charge in [0.2, 0.25) is 5.78 Å². The summed E-state index contributed by atoms with van der Waals surface area (Å²) in [6, 6.07) is 7.80. The number of hydrogen-bond donors (Lipinski definition) is 0. The smallest absolute Gasteiger partial charge is 0.352 e. The average Bonchev–Trinajstić information content (AvgIpc) is 3.25. The average molecular weight is 329 g/mol. The lowest BCUT2D eigenvalue weighted by molar-refractivity contribution is 0.189. The van der Waals surface area contributed by atoms with Crippen molar-refractivity contribution in [1.29, 1.82) is 0 Å². The first-order valence-corrected chi connectivity index (χ1v) is 8.16. The van der Waals surface area contributed by atoms with E-state index in [0.717, 1.165) is 16.7 Å². The van der Waals surface area contributed by atoms with Crippen LogP contribution in [0.15, 0.2) is 40.0 Å². The minimum absolute atomic E-state index is 0.152. The van der Waals surface area contributed by atoms with E-state index in [4.69, 9.17) is 4.74 Å². The van der Waals surface area contributed by atoms with Gasteiger partial charge in [-0.25, -0.2) is 18.9 Å². The normalized spacial score (nSPS) is 11.7. The minimum Gasteiger partial charge on any atom is -0.383 e. The van der Waals surface area contributed by atoms with Crippen molar-refractivity contribution < 1.29 is 4.74 Å². The Kier molecular flexibility index (Phi) is 3.47. The maximum atomic E-state index is 12.8. The zero-order valence-corrected chi connectivity index (χ0v) is 13.4. The summed E-state index contributed by atoms with van der Waals surface area (Å²) in [4.78, 5) is 17.0. The van der Waals surface area contributed by atoms with Crippen molar-refractivity contribution in [1.82, 2.24) is 23.7 Å². The van der Waals surface area contributed by atoms with Gasteiger partial charge in [-0.1, -0.05) is 12.1 Å². The van der Waals surface area contributed by atoms with E-state index in [9.17, 15) is 4.79 Å². The summed E-state index contributed by atoms with van der Waals surface area (Å²) in [6.07, 6.45) is 0. The number of methoxy groups -OCH3 is 1. The number of hydrogen-bond acceptors (Lipinski definition) is 5. The van der Waals surface area contributed by atoms with Crippen LogP contribution < -0.4 is 5.69 Å². The molecule has 0 bridgehead atoms. The maximum absolute atomic E-state index is 12.8. The number of rotatable bonds is 5. The molecule has 0 saturated carbocycles. The second-order valence-corrected chi connectivity index (χ2v) is 5.91. The quantitative estimate of drug-likeness (QED) is 0.558. The lowest BCUT2D eigenvalue weighted by Crippen LogP contribution is -2.21. The van der Waals surface area contributed by atoms with E-state index in [1.165, 1.54) is 16.0 Å². The van der Waals surface area contributed by atoms with Crippen LogP contribution in [0.5, 0.6) is 0 Å². The van der Waals surface area contributed by atoms with E-state index in [-0.39, 0.29) is 5.69 Å². The Morgan fingerprint density at radius 3 is 2.83 bits per heavy atom. The summed E-state index contributed by atoms with van der Waals surface area (Å²) in [5.74, 6) is 0.628. The van der Waals surface area contributed by atoms with Gasteiger partial charge in [-0.15, -0.1) is 16.4 Å². The Bertz CT molecular complexity index is 1010. The molecule has 7 nitrogen and oxygen atoms in total. The highest BCUT2D eigenvalue weighted by atomic mass is 32.1. The van der Waals surface area contributed by atoms with Gasteiger partial charge in [0.1, 0.15) is 0 Å². The topological polar surface area (TPSA) is 66.3 Å². The maximum Gasteiger partial charge on any atom is 0.352 e. The first-order chi connectivity index (χ1) is 11.3. The Labute approximate surface area is 135 Å². The predicted molar refractivity (Wildman–Crippen MR) is 88.0 cm³/mol. The molecule has 118 valence electrons. The number of para-hydroxylation sites is 2. The van der Waals surface area contributed by atoms with Gasteiger partial charge in [0, 0.05) is 19.0 Å². The number of nitrogens with zero attached hydrogens (tertiary/aromatic N) is 5. The molecule has 0 fully saturated rings. The molecule has 4 rings (SSSR count). The van der Waals surface area contributed by atoms with Gasteiger partial charge < -0.3 is 9.30 Å². The molecule has 0 spiro atoms. The fraction of sp³-hybridized carbons (Fsp3) is 0.267. The van der Waals surface area contributed by atoms with Crippen LogP contribution in [-0.2, 0) is 17.8 Å². The summed E-state index contributed by atoms with van der Waals surface area (Å²) in [6.45, 7) is 1.57. The second kappa shape index (κ2) is 5.64. The molecule has 23 heavy (non-hydrogen) atoms. The third-order valence-corrected chi connectivity index (χ3v) is 4.43. The molecule has 0 aliphatic rings. The Morgan fingerprint density at radius 1 is 1.26 bits per heavy atom. The molecule has 0 N–H and O–H groups in total. The number of imidazole rings is 1. The molecule has 0 aliphatic heterocycles. The van der Waals surface area contributed by atoms with Gasteiger partial charge in [0.15, 0.2) is 0 Å². The van der Waals surface area contributed by atoms with Gasteiger partial charge in [-0.05, 0) is 12.1 Å². The highest BCUT2D eigenvalue weighted by Gasteiger charge is 2.17. The first-order valence-electron chi connectivity index (χ1n) is 7.22. The number of aromatic nitrogens is 5. The second-order valence-electron chi connectivity index (χ2n) is 5.19. The summed E-state index contributed by atoms with van der Waals surface area (Å²) in [5.41, 5.74) is 4.27. The van der Waals surface area contributed by atoms with Crippen LogP contribution >= 0.6 is 11.3 Å². The molecule has 0 aliphatic carbocycles. The van der Waals surface area contributed by atoms with Crippen LogP contribution in [0.3, 0.4) is 0 Å². The number of fused-ring (bicyclic) bond motifs is 3.